The topological polar surface area (TPSA) is 38.9 Å². The normalized spacial score (nSPS) is 12.3. The van der Waals surface area contributed by atoms with Crippen molar-refractivity contribution in [2.24, 2.45) is 5.73 Å². The average Bonchev–Trinajstić information content (AvgIpc) is 2.38. The van der Waals surface area contributed by atoms with Crippen molar-refractivity contribution in [2.75, 3.05) is 0 Å². The van der Waals surface area contributed by atoms with Crippen molar-refractivity contribution in [3.05, 3.63) is 66.0 Å². The molecule has 1 aromatic heterocycles. The molecule has 2 rings (SSSR count). The van der Waals surface area contributed by atoms with Crippen LogP contribution in [0.25, 0.3) is 0 Å². The van der Waals surface area contributed by atoms with Crippen molar-refractivity contribution in [3.63, 3.8) is 0 Å². The van der Waals surface area contributed by atoms with Crippen LogP contribution < -0.4 is 5.73 Å². The van der Waals surface area contributed by atoms with E-state index in [1.807, 2.05) is 24.4 Å². The molecule has 0 amide bonds. The summed E-state index contributed by atoms with van der Waals surface area (Å²) in [7, 11) is 0. The number of aryl methyl sites for hydroxylation is 1. The lowest BCUT2D eigenvalue weighted by Crippen LogP contribution is -2.11. The van der Waals surface area contributed by atoms with Crippen molar-refractivity contribution in [3.8, 4) is 0 Å². The van der Waals surface area contributed by atoms with Crippen LogP contribution in [0.1, 0.15) is 23.6 Å². The molecule has 2 nitrogen and oxygen atoms in total. The highest BCUT2D eigenvalue weighted by molar-refractivity contribution is 5.17. The van der Waals surface area contributed by atoms with E-state index in [2.05, 4.69) is 29.2 Å². The van der Waals surface area contributed by atoms with E-state index >= 15 is 0 Å². The molecule has 0 aliphatic carbocycles. The number of hydrogen-bond donors (Lipinski definition) is 1. The first kappa shape index (κ1) is 10.8. The third-order valence-electron chi connectivity index (χ3n) is 2.70. The Bertz CT molecular complexity index is 411. The summed E-state index contributed by atoms with van der Waals surface area (Å²) in [5.74, 6) is 0. The fourth-order valence-corrected chi connectivity index (χ4v) is 1.73. The van der Waals surface area contributed by atoms with E-state index in [0.717, 1.165) is 18.4 Å². The van der Waals surface area contributed by atoms with Crippen LogP contribution >= 0.6 is 0 Å². The third kappa shape index (κ3) is 2.91. The number of aromatic nitrogens is 1. The number of nitrogens with zero attached hydrogens (tertiary/aromatic N) is 1. The fraction of sp³-hybridized carbons (Fsp3) is 0.214. The second kappa shape index (κ2) is 5.42. The van der Waals surface area contributed by atoms with E-state index in [0.29, 0.717) is 0 Å². The number of hydrogen-bond acceptors (Lipinski definition) is 2. The van der Waals surface area contributed by atoms with E-state index in [4.69, 9.17) is 5.73 Å². The Kier molecular flexibility index (Phi) is 3.67. The highest BCUT2D eigenvalue weighted by Crippen LogP contribution is 2.15. The van der Waals surface area contributed by atoms with Gasteiger partial charge in [0.2, 0.25) is 0 Å². The van der Waals surface area contributed by atoms with Gasteiger partial charge in [-0.2, -0.15) is 0 Å². The first-order chi connectivity index (χ1) is 7.86. The van der Waals surface area contributed by atoms with E-state index in [1.165, 1.54) is 5.56 Å². The molecule has 0 bridgehead atoms. The van der Waals surface area contributed by atoms with Gasteiger partial charge in [-0.25, -0.2) is 0 Å². The van der Waals surface area contributed by atoms with Gasteiger partial charge >= 0.3 is 0 Å². The SMILES string of the molecule is N[C@H](CCc1ccccc1)c1cccnc1. The lowest BCUT2D eigenvalue weighted by atomic mass is 10.0. The molecule has 0 unspecified atom stereocenters. The maximum atomic E-state index is 6.10. The lowest BCUT2D eigenvalue weighted by molar-refractivity contribution is 0.649. The third-order valence-corrected chi connectivity index (χ3v) is 2.70. The molecule has 0 radical (unpaired) electrons. The van der Waals surface area contributed by atoms with Gasteiger partial charge in [-0.05, 0) is 30.0 Å². The fourth-order valence-electron chi connectivity index (χ4n) is 1.73. The van der Waals surface area contributed by atoms with E-state index in [9.17, 15) is 0 Å². The van der Waals surface area contributed by atoms with Gasteiger partial charge in [-0.15, -0.1) is 0 Å². The van der Waals surface area contributed by atoms with E-state index in [1.54, 1.807) is 6.20 Å². The first-order valence-electron chi connectivity index (χ1n) is 5.55. The summed E-state index contributed by atoms with van der Waals surface area (Å²) in [6, 6.07) is 14.5. The molecule has 0 saturated heterocycles. The molecule has 1 aromatic carbocycles. The molecule has 2 aromatic rings. The molecule has 1 atom stereocenters. The Hall–Kier alpha value is -1.67. The van der Waals surface area contributed by atoms with Crippen molar-refractivity contribution in [2.45, 2.75) is 18.9 Å². The number of nitrogens with two attached hydrogens (primary N) is 1. The molecule has 1 heterocycles. The Morgan fingerprint density at radius 2 is 1.88 bits per heavy atom. The molecule has 2 heteroatoms. The summed E-state index contributed by atoms with van der Waals surface area (Å²) in [5, 5.41) is 0. The summed E-state index contributed by atoms with van der Waals surface area (Å²) >= 11 is 0. The zero-order valence-corrected chi connectivity index (χ0v) is 9.21. The van der Waals surface area contributed by atoms with Gasteiger partial charge in [0, 0.05) is 18.4 Å². The summed E-state index contributed by atoms with van der Waals surface area (Å²) in [5.41, 5.74) is 8.55. The summed E-state index contributed by atoms with van der Waals surface area (Å²) in [4.78, 5) is 4.08. The number of rotatable bonds is 4. The van der Waals surface area contributed by atoms with Gasteiger partial charge in [0.05, 0.1) is 0 Å². The molecule has 0 aliphatic rings. The zero-order chi connectivity index (χ0) is 11.2. The number of pyridine rings is 1. The monoisotopic (exact) mass is 212 g/mol. The zero-order valence-electron chi connectivity index (χ0n) is 9.21. The van der Waals surface area contributed by atoms with Gasteiger partial charge in [-0.3, -0.25) is 4.98 Å². The average molecular weight is 212 g/mol. The quantitative estimate of drug-likeness (QED) is 0.846. The molecule has 0 aliphatic heterocycles. The maximum absolute atomic E-state index is 6.10. The van der Waals surface area contributed by atoms with Crippen LogP contribution in [0.2, 0.25) is 0 Å². The maximum Gasteiger partial charge on any atom is 0.0315 e. The van der Waals surface area contributed by atoms with Gasteiger partial charge in [0.25, 0.3) is 0 Å². The minimum absolute atomic E-state index is 0.0777. The van der Waals surface area contributed by atoms with Crippen LogP contribution in [0.3, 0.4) is 0 Å². The minimum Gasteiger partial charge on any atom is -0.324 e. The molecular weight excluding hydrogens is 196 g/mol. The second-order valence-corrected chi connectivity index (χ2v) is 3.92. The highest BCUT2D eigenvalue weighted by atomic mass is 14.7. The van der Waals surface area contributed by atoms with Crippen LogP contribution in [0, 0.1) is 0 Å². The summed E-state index contributed by atoms with van der Waals surface area (Å²) < 4.78 is 0. The largest absolute Gasteiger partial charge is 0.324 e. The Morgan fingerprint density at radius 1 is 1.06 bits per heavy atom. The molecule has 82 valence electrons. The van der Waals surface area contributed by atoms with Gasteiger partial charge < -0.3 is 5.73 Å². The summed E-state index contributed by atoms with van der Waals surface area (Å²) in [6.45, 7) is 0. The Balaban J connectivity index is 1.92. The molecule has 2 N–H and O–H groups in total. The first-order valence-corrected chi connectivity index (χ1v) is 5.55. The van der Waals surface area contributed by atoms with Crippen LogP contribution in [0.5, 0.6) is 0 Å². The molecule has 0 saturated carbocycles. The highest BCUT2D eigenvalue weighted by Gasteiger charge is 2.05. The smallest absolute Gasteiger partial charge is 0.0315 e. The second-order valence-electron chi connectivity index (χ2n) is 3.92. The van der Waals surface area contributed by atoms with Gasteiger partial charge in [0.15, 0.2) is 0 Å². The standard InChI is InChI=1S/C14H16N2/c15-14(13-7-4-10-16-11-13)9-8-12-5-2-1-3-6-12/h1-7,10-11,14H,8-9,15H2/t14-/m1/s1. The van der Waals surface area contributed by atoms with Crippen LogP contribution in [-0.4, -0.2) is 4.98 Å². The molecular formula is C14H16N2. The van der Waals surface area contributed by atoms with Crippen LogP contribution in [0.4, 0.5) is 0 Å². The van der Waals surface area contributed by atoms with E-state index < -0.39 is 0 Å². The summed E-state index contributed by atoms with van der Waals surface area (Å²) in [6.07, 6.45) is 5.58. The molecule has 0 spiro atoms. The van der Waals surface area contributed by atoms with Crippen LogP contribution in [0.15, 0.2) is 54.9 Å². The predicted octanol–water partition coefficient (Wildman–Crippen LogP) is 2.71. The predicted molar refractivity (Wildman–Crippen MR) is 65.9 cm³/mol. The molecule has 0 fully saturated rings. The van der Waals surface area contributed by atoms with E-state index in [-0.39, 0.29) is 6.04 Å². The Labute approximate surface area is 96.1 Å². The molecule has 16 heavy (non-hydrogen) atoms. The minimum atomic E-state index is 0.0777. The van der Waals surface area contributed by atoms with Gasteiger partial charge in [-0.1, -0.05) is 36.4 Å². The van der Waals surface area contributed by atoms with Crippen molar-refractivity contribution in [1.82, 2.24) is 4.98 Å². The number of benzene rings is 1. The Morgan fingerprint density at radius 3 is 2.56 bits per heavy atom. The van der Waals surface area contributed by atoms with Crippen molar-refractivity contribution >= 4 is 0 Å². The van der Waals surface area contributed by atoms with Crippen molar-refractivity contribution in [1.29, 1.82) is 0 Å². The van der Waals surface area contributed by atoms with Crippen LogP contribution in [-0.2, 0) is 6.42 Å². The van der Waals surface area contributed by atoms with Crippen molar-refractivity contribution < 1.29 is 0 Å². The lowest BCUT2D eigenvalue weighted by Gasteiger charge is -2.11. The van der Waals surface area contributed by atoms with Gasteiger partial charge in [0.1, 0.15) is 0 Å².